The molecule has 0 aromatic carbocycles. The van der Waals surface area contributed by atoms with Crippen LogP contribution < -0.4 is 10.2 Å². The van der Waals surface area contributed by atoms with Gasteiger partial charge in [-0.25, -0.2) is 0 Å². The highest BCUT2D eigenvalue weighted by Crippen LogP contribution is 2.38. The first-order chi connectivity index (χ1) is 44.0. The fourth-order valence-corrected chi connectivity index (χ4v) is 12.1. The topological polar surface area (TPSA) is 108 Å². The van der Waals surface area contributed by atoms with Crippen molar-refractivity contribution in [3.05, 3.63) is 97.2 Å². The third-order valence-electron chi connectivity index (χ3n) is 17.3. The van der Waals surface area contributed by atoms with E-state index in [0.717, 1.165) is 77.0 Å². The lowest BCUT2D eigenvalue weighted by Gasteiger charge is -2.29. The predicted molar refractivity (Wildman–Crippen MR) is 394 cm³/mol. The lowest BCUT2D eigenvalue weighted by Crippen LogP contribution is -2.45. The fourth-order valence-electron chi connectivity index (χ4n) is 11.4. The Labute approximate surface area is 559 Å². The third kappa shape index (κ3) is 72.8. The highest BCUT2D eigenvalue weighted by Gasteiger charge is 2.23. The number of unbranched alkanes of at least 4 members (excludes halogenated alkanes) is 44. The smallest absolute Gasteiger partial charge is 0.268 e. The van der Waals surface area contributed by atoms with Crippen molar-refractivity contribution in [3.63, 3.8) is 0 Å². The molecule has 0 saturated carbocycles. The normalized spacial score (nSPS) is 14.1. The summed E-state index contributed by atoms with van der Waals surface area (Å²) in [5.41, 5.74) is 0. The summed E-state index contributed by atoms with van der Waals surface area (Å²) in [6.45, 7) is 4.56. The number of aliphatic hydroxyl groups excluding tert-OH is 1. The first-order valence-corrected chi connectivity index (χ1v) is 40.1. The summed E-state index contributed by atoms with van der Waals surface area (Å²) in [6.07, 6.45) is 103. The number of phosphoric acid groups is 1. The molecule has 0 aliphatic carbocycles. The monoisotopic (exact) mass is 1280 g/mol. The van der Waals surface area contributed by atoms with E-state index in [-0.39, 0.29) is 12.5 Å². The van der Waals surface area contributed by atoms with Gasteiger partial charge in [-0.2, -0.15) is 0 Å². The molecule has 9 heteroatoms. The minimum Gasteiger partial charge on any atom is -0.756 e. The number of allylic oxidation sites excluding steroid dienone is 15. The van der Waals surface area contributed by atoms with Crippen LogP contribution in [0.25, 0.3) is 0 Å². The molecule has 0 rings (SSSR count). The zero-order chi connectivity index (χ0) is 65.5. The molecule has 90 heavy (non-hydrogen) atoms. The Kier molecular flexibility index (Phi) is 68.7. The Morgan fingerprint density at radius 1 is 0.400 bits per heavy atom. The molecule has 0 heterocycles. The molecule has 0 aliphatic rings. The molecule has 0 radical (unpaired) electrons. The zero-order valence-corrected chi connectivity index (χ0v) is 61.0. The molecule has 0 bridgehead atoms. The van der Waals surface area contributed by atoms with E-state index in [0.29, 0.717) is 17.4 Å². The number of carbonyl (C=O) groups is 1. The van der Waals surface area contributed by atoms with Crippen molar-refractivity contribution < 1.29 is 32.9 Å². The SMILES string of the molecule is CC/C=C\C/C=C\C/C=C\C/C=C\C/C=C\C/C=C\CCCCCCCCCCCCCCCCCCCCC(=O)NC(COP(=O)([O-])OCC[N+](C)(C)C)C(O)/C=C/CC/C=C/CCCCCCCCCCCCCCCCCCCCCCCCCCC. The minimum absolute atomic E-state index is 0.00789. The van der Waals surface area contributed by atoms with Gasteiger partial charge >= 0.3 is 0 Å². The molecule has 8 nitrogen and oxygen atoms in total. The van der Waals surface area contributed by atoms with Crippen LogP contribution >= 0.6 is 7.82 Å². The van der Waals surface area contributed by atoms with Crippen LogP contribution in [0, 0.1) is 0 Å². The molecule has 3 unspecified atom stereocenters. The maximum atomic E-state index is 13.1. The van der Waals surface area contributed by atoms with Crippen molar-refractivity contribution in [1.29, 1.82) is 0 Å². The molecule has 0 aliphatic heterocycles. The van der Waals surface area contributed by atoms with E-state index in [2.05, 4.69) is 104 Å². The van der Waals surface area contributed by atoms with Crippen LogP contribution in [0.1, 0.15) is 361 Å². The Bertz CT molecular complexity index is 1790. The van der Waals surface area contributed by atoms with Crippen LogP contribution in [0.3, 0.4) is 0 Å². The number of likely N-dealkylation sites (N-methyl/N-ethyl adjacent to an activating group) is 1. The third-order valence-corrected chi connectivity index (χ3v) is 18.2. The quantitative estimate of drug-likeness (QED) is 0.0272. The number of nitrogens with zero attached hydrogens (tertiary/aromatic N) is 1. The van der Waals surface area contributed by atoms with Gasteiger partial charge in [0.05, 0.1) is 39.9 Å². The van der Waals surface area contributed by atoms with Gasteiger partial charge < -0.3 is 28.8 Å². The molecular weight excluding hydrogens is 1130 g/mol. The molecule has 0 spiro atoms. The minimum atomic E-state index is -4.62. The summed E-state index contributed by atoms with van der Waals surface area (Å²) in [5.74, 6) is -0.204. The van der Waals surface area contributed by atoms with Crippen LogP contribution in [0.4, 0.5) is 0 Å². The van der Waals surface area contributed by atoms with Gasteiger partial charge in [-0.3, -0.25) is 9.36 Å². The largest absolute Gasteiger partial charge is 0.756 e. The Balaban J connectivity index is 4.03. The molecule has 2 N–H and O–H groups in total. The van der Waals surface area contributed by atoms with E-state index in [9.17, 15) is 19.4 Å². The van der Waals surface area contributed by atoms with Gasteiger partial charge in [0.2, 0.25) is 5.91 Å². The fraction of sp³-hybridized carbons (Fsp3) is 0.790. The number of amides is 1. The summed E-state index contributed by atoms with van der Waals surface area (Å²) in [6, 6.07) is -0.909. The number of rotatable bonds is 71. The van der Waals surface area contributed by atoms with Gasteiger partial charge in [0.25, 0.3) is 7.82 Å². The van der Waals surface area contributed by atoms with Gasteiger partial charge in [0, 0.05) is 6.42 Å². The predicted octanol–water partition coefficient (Wildman–Crippen LogP) is 24.6. The van der Waals surface area contributed by atoms with Crippen molar-refractivity contribution >= 4 is 13.7 Å². The number of phosphoric ester groups is 1. The highest BCUT2D eigenvalue weighted by molar-refractivity contribution is 7.45. The standard InChI is InChI=1S/C81H149N2O6P/c1-6-8-10-12-14-16-18-20-22-24-26-28-30-32-34-36-38-39-40-41-42-43-45-47-49-51-53-55-57-59-61-63-65-67-69-71-73-75-81(85)82-79(78-89-90(86,87)88-77-76-83(3,4)5)80(84)74-72-70-68-66-64-62-60-58-56-54-52-50-48-46-44-37-35-33-31-29-27-25-23-21-19-17-15-13-11-9-7-2/h8,10,14,16,20,22,26,28,32,34,38-39,64,66,72,74,79-80,84H,6-7,9,11-13,15,17-19,21,23-25,27,29-31,33,35-37,40-63,65,67-71,73,75-78H2,1-5H3,(H-,82,85,86,87)/b10-8-,16-14-,22-20-,28-26-,34-32-,39-38-,66-64+,74-72+. The van der Waals surface area contributed by atoms with Crippen LogP contribution in [-0.2, 0) is 18.4 Å². The van der Waals surface area contributed by atoms with Crippen molar-refractivity contribution in [3.8, 4) is 0 Å². The number of aliphatic hydroxyl groups is 1. The number of hydrogen-bond acceptors (Lipinski definition) is 6. The second-order valence-corrected chi connectivity index (χ2v) is 28.7. The molecule has 3 atom stereocenters. The van der Waals surface area contributed by atoms with E-state index in [1.165, 1.54) is 263 Å². The van der Waals surface area contributed by atoms with Crippen LogP contribution in [-0.4, -0.2) is 68.5 Å². The van der Waals surface area contributed by atoms with Gasteiger partial charge in [-0.1, -0.05) is 368 Å². The molecule has 0 fully saturated rings. The van der Waals surface area contributed by atoms with Gasteiger partial charge in [-0.15, -0.1) is 0 Å². The van der Waals surface area contributed by atoms with E-state index >= 15 is 0 Å². The van der Waals surface area contributed by atoms with Gasteiger partial charge in [0.1, 0.15) is 13.2 Å². The summed E-state index contributed by atoms with van der Waals surface area (Å²) < 4.78 is 23.5. The summed E-state index contributed by atoms with van der Waals surface area (Å²) in [4.78, 5) is 25.7. The van der Waals surface area contributed by atoms with Crippen molar-refractivity contribution in [1.82, 2.24) is 5.32 Å². The molecule has 0 saturated heterocycles. The molecule has 524 valence electrons. The van der Waals surface area contributed by atoms with Crippen molar-refractivity contribution in [2.45, 2.75) is 373 Å². The zero-order valence-electron chi connectivity index (χ0n) is 60.1. The summed E-state index contributed by atoms with van der Waals surface area (Å²) >= 11 is 0. The first kappa shape index (κ1) is 87.4. The van der Waals surface area contributed by atoms with Crippen molar-refractivity contribution in [2.75, 3.05) is 40.9 Å². The molecule has 0 aromatic rings. The van der Waals surface area contributed by atoms with E-state index in [1.54, 1.807) is 6.08 Å². The maximum Gasteiger partial charge on any atom is 0.268 e. The van der Waals surface area contributed by atoms with Gasteiger partial charge in [0.15, 0.2) is 0 Å². The average Bonchev–Trinajstić information content (AvgIpc) is 3.18. The van der Waals surface area contributed by atoms with Crippen LogP contribution in [0.5, 0.6) is 0 Å². The number of quaternary nitrogens is 1. The number of nitrogens with one attached hydrogen (secondary N) is 1. The lowest BCUT2D eigenvalue weighted by atomic mass is 10.0. The van der Waals surface area contributed by atoms with E-state index in [1.807, 2.05) is 27.2 Å². The maximum absolute atomic E-state index is 13.1. The molecule has 1 amide bonds. The Morgan fingerprint density at radius 2 is 0.689 bits per heavy atom. The van der Waals surface area contributed by atoms with Crippen molar-refractivity contribution in [2.24, 2.45) is 0 Å². The van der Waals surface area contributed by atoms with E-state index in [4.69, 9.17) is 9.05 Å². The summed E-state index contributed by atoms with van der Waals surface area (Å²) in [7, 11) is 1.25. The molecular formula is C81H149N2O6P. The molecule has 0 aromatic heterocycles. The van der Waals surface area contributed by atoms with Gasteiger partial charge in [-0.05, 0) is 83.5 Å². The van der Waals surface area contributed by atoms with Crippen LogP contribution in [0.2, 0.25) is 0 Å². The van der Waals surface area contributed by atoms with E-state index < -0.39 is 26.6 Å². The lowest BCUT2D eigenvalue weighted by molar-refractivity contribution is -0.870. The second kappa shape index (κ2) is 70.7. The van der Waals surface area contributed by atoms with Crippen LogP contribution in [0.15, 0.2) is 97.2 Å². The second-order valence-electron chi connectivity index (χ2n) is 27.3. The number of carbonyl (C=O) groups excluding carboxylic acids is 1. The summed E-state index contributed by atoms with van der Waals surface area (Å²) in [5, 5.41) is 14.0. The Morgan fingerprint density at radius 3 is 1.03 bits per heavy atom. The Hall–Kier alpha value is -2.58. The average molecular weight is 1280 g/mol. The highest BCUT2D eigenvalue weighted by atomic mass is 31.2. The first-order valence-electron chi connectivity index (χ1n) is 38.6. The number of hydrogen-bond donors (Lipinski definition) is 2.